The molecule has 4 nitrogen and oxygen atoms in total. The Labute approximate surface area is 114 Å². The van der Waals surface area contributed by atoms with Crippen molar-refractivity contribution in [1.82, 2.24) is 10.6 Å². The quantitative estimate of drug-likeness (QED) is 0.746. The molecule has 1 aromatic rings. The molecule has 2 atom stereocenters. The summed E-state index contributed by atoms with van der Waals surface area (Å²) in [5.74, 6) is -0.0534. The van der Waals surface area contributed by atoms with Crippen LogP contribution in [0.25, 0.3) is 0 Å². The van der Waals surface area contributed by atoms with Crippen LogP contribution in [-0.4, -0.2) is 30.2 Å². The van der Waals surface area contributed by atoms with Crippen molar-refractivity contribution < 1.29 is 9.90 Å². The van der Waals surface area contributed by atoms with E-state index in [9.17, 15) is 9.90 Å². The molecule has 1 amide bonds. The highest BCUT2D eigenvalue weighted by molar-refractivity contribution is 5.83. The lowest BCUT2D eigenvalue weighted by atomic mass is 9.94. The van der Waals surface area contributed by atoms with Crippen molar-refractivity contribution in [1.29, 1.82) is 0 Å². The highest BCUT2D eigenvalue weighted by Crippen LogP contribution is 2.22. The summed E-state index contributed by atoms with van der Waals surface area (Å²) in [5.41, 5.74) is 2.28. The maximum absolute atomic E-state index is 12.2. The van der Waals surface area contributed by atoms with Gasteiger partial charge in [0, 0.05) is 13.1 Å². The van der Waals surface area contributed by atoms with Crippen LogP contribution in [0.4, 0.5) is 0 Å². The number of hydrogen-bond donors (Lipinski definition) is 3. The molecule has 1 heterocycles. The van der Waals surface area contributed by atoms with Gasteiger partial charge in [0.2, 0.25) is 5.91 Å². The van der Waals surface area contributed by atoms with E-state index in [1.54, 1.807) is 0 Å². The van der Waals surface area contributed by atoms with E-state index in [0.29, 0.717) is 6.54 Å². The van der Waals surface area contributed by atoms with Gasteiger partial charge in [0.05, 0.1) is 6.10 Å². The third kappa shape index (κ3) is 3.55. The number of hydrogen-bond acceptors (Lipinski definition) is 3. The van der Waals surface area contributed by atoms with Crippen molar-refractivity contribution in [3.05, 3.63) is 35.4 Å². The van der Waals surface area contributed by atoms with Crippen molar-refractivity contribution in [2.24, 2.45) is 0 Å². The molecule has 1 aliphatic rings. The van der Waals surface area contributed by atoms with E-state index in [1.165, 1.54) is 5.56 Å². The zero-order valence-electron chi connectivity index (χ0n) is 11.4. The summed E-state index contributed by atoms with van der Waals surface area (Å²) < 4.78 is 0. The van der Waals surface area contributed by atoms with E-state index in [4.69, 9.17) is 0 Å². The molecule has 2 rings (SSSR count). The largest absolute Gasteiger partial charge is 0.391 e. The van der Waals surface area contributed by atoms with Gasteiger partial charge in [0.25, 0.3) is 0 Å². The monoisotopic (exact) mass is 262 g/mol. The first-order valence-corrected chi connectivity index (χ1v) is 6.99. The maximum atomic E-state index is 12.2. The van der Waals surface area contributed by atoms with Crippen LogP contribution in [0.2, 0.25) is 0 Å². The Balaban J connectivity index is 1.97. The summed E-state index contributed by atoms with van der Waals surface area (Å²) in [7, 11) is 0. The number of fused-ring (bicyclic) bond motifs is 1. The first kappa shape index (κ1) is 14.0. The molecular formula is C15H22N2O2. The molecule has 19 heavy (non-hydrogen) atoms. The molecule has 0 aliphatic carbocycles. The van der Waals surface area contributed by atoms with E-state index in [1.807, 2.05) is 25.1 Å². The van der Waals surface area contributed by atoms with Gasteiger partial charge < -0.3 is 15.7 Å². The standard InChI is InChI=1S/C15H22N2O2/c1-2-5-12(18)10-17-15(19)14-13-7-4-3-6-11(13)8-9-16-14/h3-4,6-7,12,14,16,18H,2,5,8-10H2,1H3,(H,17,19). The van der Waals surface area contributed by atoms with Gasteiger partial charge in [-0.15, -0.1) is 0 Å². The SMILES string of the molecule is CCCC(O)CNC(=O)C1NCCc2ccccc21. The number of carbonyl (C=O) groups is 1. The third-order valence-corrected chi connectivity index (χ3v) is 3.50. The molecule has 2 unspecified atom stereocenters. The third-order valence-electron chi connectivity index (χ3n) is 3.50. The van der Waals surface area contributed by atoms with Crippen molar-refractivity contribution in [2.45, 2.75) is 38.3 Å². The van der Waals surface area contributed by atoms with Crippen molar-refractivity contribution >= 4 is 5.91 Å². The zero-order chi connectivity index (χ0) is 13.7. The number of benzene rings is 1. The number of aliphatic hydroxyl groups excluding tert-OH is 1. The molecule has 0 saturated heterocycles. The van der Waals surface area contributed by atoms with Crippen molar-refractivity contribution in [2.75, 3.05) is 13.1 Å². The van der Waals surface area contributed by atoms with Crippen LogP contribution < -0.4 is 10.6 Å². The van der Waals surface area contributed by atoms with Gasteiger partial charge in [0.15, 0.2) is 0 Å². The molecule has 1 aliphatic heterocycles. The minimum atomic E-state index is -0.451. The average Bonchev–Trinajstić information content (AvgIpc) is 2.44. The zero-order valence-corrected chi connectivity index (χ0v) is 11.4. The van der Waals surface area contributed by atoms with Crippen LogP contribution in [0, 0.1) is 0 Å². The Morgan fingerprint density at radius 3 is 3.11 bits per heavy atom. The number of nitrogens with one attached hydrogen (secondary N) is 2. The highest BCUT2D eigenvalue weighted by atomic mass is 16.3. The molecule has 0 bridgehead atoms. The average molecular weight is 262 g/mol. The predicted octanol–water partition coefficient (Wildman–Crippen LogP) is 1.15. The lowest BCUT2D eigenvalue weighted by Gasteiger charge is -2.26. The summed E-state index contributed by atoms with van der Waals surface area (Å²) in [6.45, 7) is 3.16. The molecule has 0 spiro atoms. The van der Waals surface area contributed by atoms with Crippen LogP contribution in [0.1, 0.15) is 36.9 Å². The van der Waals surface area contributed by atoms with Crippen LogP contribution in [-0.2, 0) is 11.2 Å². The number of amides is 1. The molecular weight excluding hydrogens is 240 g/mol. The van der Waals surface area contributed by atoms with E-state index in [2.05, 4.69) is 16.7 Å². The summed E-state index contributed by atoms with van der Waals surface area (Å²) in [5, 5.41) is 15.7. The van der Waals surface area contributed by atoms with Crippen LogP contribution in [0.5, 0.6) is 0 Å². The minimum absolute atomic E-state index is 0.0534. The smallest absolute Gasteiger partial charge is 0.241 e. The first-order valence-electron chi connectivity index (χ1n) is 6.99. The van der Waals surface area contributed by atoms with Crippen molar-refractivity contribution in [3.63, 3.8) is 0 Å². The van der Waals surface area contributed by atoms with Crippen LogP contribution in [0.15, 0.2) is 24.3 Å². The molecule has 0 fully saturated rings. The van der Waals surface area contributed by atoms with E-state index in [0.717, 1.165) is 31.4 Å². The fraction of sp³-hybridized carbons (Fsp3) is 0.533. The number of aliphatic hydroxyl groups is 1. The Morgan fingerprint density at radius 2 is 2.32 bits per heavy atom. The Hall–Kier alpha value is -1.39. The van der Waals surface area contributed by atoms with Crippen LogP contribution >= 0.6 is 0 Å². The van der Waals surface area contributed by atoms with Gasteiger partial charge in [-0.1, -0.05) is 37.6 Å². The maximum Gasteiger partial charge on any atom is 0.241 e. The molecule has 0 aromatic heterocycles. The second kappa shape index (κ2) is 6.68. The number of rotatable bonds is 5. The lowest BCUT2D eigenvalue weighted by molar-refractivity contribution is -0.123. The summed E-state index contributed by atoms with van der Waals surface area (Å²) in [6.07, 6.45) is 2.14. The van der Waals surface area contributed by atoms with Gasteiger partial charge in [-0.05, 0) is 24.0 Å². The minimum Gasteiger partial charge on any atom is -0.391 e. The second-order valence-electron chi connectivity index (χ2n) is 5.02. The molecule has 0 radical (unpaired) electrons. The predicted molar refractivity (Wildman–Crippen MR) is 74.8 cm³/mol. The Bertz CT molecular complexity index is 434. The Kier molecular flexibility index (Phi) is 4.93. The molecule has 3 N–H and O–H groups in total. The van der Waals surface area contributed by atoms with Gasteiger partial charge in [-0.3, -0.25) is 4.79 Å². The van der Waals surface area contributed by atoms with Gasteiger partial charge in [0.1, 0.15) is 6.04 Å². The lowest BCUT2D eigenvalue weighted by Crippen LogP contribution is -2.43. The molecule has 104 valence electrons. The van der Waals surface area contributed by atoms with Crippen molar-refractivity contribution in [3.8, 4) is 0 Å². The second-order valence-corrected chi connectivity index (χ2v) is 5.02. The van der Waals surface area contributed by atoms with Gasteiger partial charge in [-0.25, -0.2) is 0 Å². The Morgan fingerprint density at radius 1 is 1.53 bits per heavy atom. The van der Waals surface area contributed by atoms with Gasteiger partial charge in [-0.2, -0.15) is 0 Å². The normalized spacial score (nSPS) is 19.6. The fourth-order valence-electron chi connectivity index (χ4n) is 2.49. The van der Waals surface area contributed by atoms with E-state index in [-0.39, 0.29) is 11.9 Å². The number of carbonyl (C=O) groups excluding carboxylic acids is 1. The molecule has 0 saturated carbocycles. The summed E-state index contributed by atoms with van der Waals surface area (Å²) in [4.78, 5) is 12.2. The molecule has 1 aromatic carbocycles. The van der Waals surface area contributed by atoms with Gasteiger partial charge >= 0.3 is 0 Å². The first-order chi connectivity index (χ1) is 9.22. The molecule has 4 heteroatoms. The summed E-state index contributed by atoms with van der Waals surface area (Å²) >= 11 is 0. The fourth-order valence-corrected chi connectivity index (χ4v) is 2.49. The summed E-state index contributed by atoms with van der Waals surface area (Å²) in [6, 6.07) is 7.73. The van der Waals surface area contributed by atoms with E-state index >= 15 is 0 Å². The topological polar surface area (TPSA) is 61.4 Å². The highest BCUT2D eigenvalue weighted by Gasteiger charge is 2.25. The van der Waals surface area contributed by atoms with Crippen LogP contribution in [0.3, 0.4) is 0 Å². The van der Waals surface area contributed by atoms with E-state index < -0.39 is 6.10 Å².